The van der Waals surface area contributed by atoms with Gasteiger partial charge in [0.1, 0.15) is 0 Å². The summed E-state index contributed by atoms with van der Waals surface area (Å²) in [6.07, 6.45) is 1.75. The summed E-state index contributed by atoms with van der Waals surface area (Å²) >= 11 is 0. The Bertz CT molecular complexity index is 775. The quantitative estimate of drug-likeness (QED) is 0.653. The van der Waals surface area contributed by atoms with E-state index in [1.807, 2.05) is 39.0 Å². The van der Waals surface area contributed by atoms with Crippen molar-refractivity contribution in [3.8, 4) is 0 Å². The summed E-state index contributed by atoms with van der Waals surface area (Å²) < 4.78 is 1.86. The summed E-state index contributed by atoms with van der Waals surface area (Å²) in [6, 6.07) is 0. The maximum atomic E-state index is 11.5. The third-order valence-electron chi connectivity index (χ3n) is 3.84. The van der Waals surface area contributed by atoms with Gasteiger partial charge in [-0.25, -0.2) is 15.6 Å². The van der Waals surface area contributed by atoms with E-state index >= 15 is 0 Å². The van der Waals surface area contributed by atoms with Crippen molar-refractivity contribution >= 4 is 17.3 Å². The van der Waals surface area contributed by atoms with Crippen LogP contribution in [-0.2, 0) is 0 Å². The fourth-order valence-electron chi connectivity index (χ4n) is 2.69. The molecule has 2 rings (SSSR count). The molecule has 0 aliphatic rings. The first-order chi connectivity index (χ1) is 11.2. The van der Waals surface area contributed by atoms with Crippen molar-refractivity contribution in [1.29, 1.82) is 0 Å². The average Bonchev–Trinajstić information content (AvgIpc) is 2.78. The standard InChI is InChI=1S/C16H22N4O2.C2H6/c1-8(2)14-15-10(5)13(16(21)22)11(6)19(15)7-12(18-14)20(17)9(3)4;1-2/h7-8H,3,17H2,1-2,4-6H3,(H,21,22);1-2H3. The third kappa shape index (κ3) is 3.28. The predicted octanol–water partition coefficient (Wildman–Crippen LogP) is 4.01. The number of carbonyl (C=O) groups is 1. The van der Waals surface area contributed by atoms with E-state index in [1.54, 1.807) is 20.0 Å². The molecule has 0 fully saturated rings. The third-order valence-corrected chi connectivity index (χ3v) is 3.84. The van der Waals surface area contributed by atoms with Gasteiger partial charge in [-0.15, -0.1) is 0 Å². The summed E-state index contributed by atoms with van der Waals surface area (Å²) in [4.78, 5) is 16.2. The Morgan fingerprint density at radius 3 is 2.33 bits per heavy atom. The highest BCUT2D eigenvalue weighted by Gasteiger charge is 2.23. The minimum atomic E-state index is -0.931. The number of anilines is 1. The number of nitrogens with two attached hydrogens (primary N) is 1. The molecule has 0 saturated carbocycles. The summed E-state index contributed by atoms with van der Waals surface area (Å²) in [5.41, 5.74) is 4.03. The normalized spacial score (nSPS) is 10.5. The number of carboxylic acid groups (broad SMARTS) is 1. The van der Waals surface area contributed by atoms with Gasteiger partial charge in [0, 0.05) is 11.4 Å². The van der Waals surface area contributed by atoms with Crippen LogP contribution in [0.1, 0.15) is 67.8 Å². The molecule has 0 unspecified atom stereocenters. The Balaban J connectivity index is 0.00000139. The highest BCUT2D eigenvalue weighted by molar-refractivity contribution is 5.94. The SMILES string of the molecule is C=C(C)N(N)c1cn2c(C)c(C(=O)O)c(C)c2c(C(C)C)n1.CC. The van der Waals surface area contributed by atoms with Gasteiger partial charge in [-0.05, 0) is 32.3 Å². The van der Waals surface area contributed by atoms with Gasteiger partial charge in [-0.2, -0.15) is 0 Å². The first-order valence-electron chi connectivity index (χ1n) is 8.12. The number of aromatic nitrogens is 2. The van der Waals surface area contributed by atoms with Gasteiger partial charge in [0.15, 0.2) is 5.82 Å². The molecule has 0 aliphatic carbocycles. The Hall–Kier alpha value is -2.34. The predicted molar refractivity (Wildman–Crippen MR) is 98.5 cm³/mol. The molecule has 0 amide bonds. The maximum Gasteiger partial charge on any atom is 0.337 e. The molecular formula is C18H28N4O2. The molecule has 0 aromatic carbocycles. The molecule has 0 radical (unpaired) electrons. The van der Waals surface area contributed by atoms with Crippen molar-refractivity contribution in [2.45, 2.75) is 54.4 Å². The molecule has 24 heavy (non-hydrogen) atoms. The minimum absolute atomic E-state index is 0.135. The molecular weight excluding hydrogens is 304 g/mol. The maximum absolute atomic E-state index is 11.5. The van der Waals surface area contributed by atoms with Crippen LogP contribution >= 0.6 is 0 Å². The van der Waals surface area contributed by atoms with E-state index in [-0.39, 0.29) is 5.92 Å². The molecule has 6 heteroatoms. The van der Waals surface area contributed by atoms with Gasteiger partial charge in [0.2, 0.25) is 0 Å². The molecule has 6 nitrogen and oxygen atoms in total. The topological polar surface area (TPSA) is 83.9 Å². The van der Waals surface area contributed by atoms with E-state index in [0.29, 0.717) is 22.8 Å². The molecule has 0 atom stereocenters. The average molecular weight is 332 g/mol. The largest absolute Gasteiger partial charge is 0.478 e. The van der Waals surface area contributed by atoms with Gasteiger partial charge in [-0.3, -0.25) is 5.01 Å². The number of rotatable bonds is 4. The first-order valence-corrected chi connectivity index (χ1v) is 8.12. The van der Waals surface area contributed by atoms with Crippen LogP contribution in [0.2, 0.25) is 0 Å². The smallest absolute Gasteiger partial charge is 0.337 e. The molecule has 0 saturated heterocycles. The van der Waals surface area contributed by atoms with E-state index in [9.17, 15) is 9.90 Å². The Labute approximate surface area is 143 Å². The highest BCUT2D eigenvalue weighted by atomic mass is 16.4. The Kier molecular flexibility index (Phi) is 6.15. The summed E-state index contributed by atoms with van der Waals surface area (Å²) in [5.74, 6) is 5.74. The van der Waals surface area contributed by atoms with Crippen LogP contribution in [0.3, 0.4) is 0 Å². The zero-order valence-corrected chi connectivity index (χ0v) is 15.6. The van der Waals surface area contributed by atoms with E-state index in [0.717, 1.165) is 16.8 Å². The Morgan fingerprint density at radius 1 is 1.38 bits per heavy atom. The molecule has 0 spiro atoms. The van der Waals surface area contributed by atoms with Crippen LogP contribution in [-0.4, -0.2) is 20.5 Å². The first kappa shape index (κ1) is 19.7. The van der Waals surface area contributed by atoms with E-state index in [1.165, 1.54) is 5.01 Å². The summed E-state index contributed by atoms with van der Waals surface area (Å²) in [6.45, 7) is 17.3. The second-order valence-corrected chi connectivity index (χ2v) is 5.85. The fraction of sp³-hybridized carbons (Fsp3) is 0.444. The number of aryl methyl sites for hydroxylation is 2. The zero-order valence-electron chi connectivity index (χ0n) is 15.6. The van der Waals surface area contributed by atoms with Crippen molar-refractivity contribution in [3.05, 3.63) is 41.0 Å². The lowest BCUT2D eigenvalue weighted by Gasteiger charge is -2.20. The van der Waals surface area contributed by atoms with Gasteiger partial charge in [0.25, 0.3) is 0 Å². The van der Waals surface area contributed by atoms with Crippen LogP contribution < -0.4 is 10.9 Å². The number of carboxylic acids is 1. The minimum Gasteiger partial charge on any atom is -0.478 e. The Morgan fingerprint density at radius 2 is 1.92 bits per heavy atom. The summed E-state index contributed by atoms with van der Waals surface area (Å²) in [5, 5.41) is 10.9. The molecule has 2 heterocycles. The number of hydrogen-bond acceptors (Lipinski definition) is 4. The number of hydrazine groups is 1. The zero-order chi connectivity index (χ0) is 18.8. The number of allylic oxidation sites excluding steroid dienone is 1. The number of nitrogens with zero attached hydrogens (tertiary/aromatic N) is 3. The second-order valence-electron chi connectivity index (χ2n) is 5.85. The van der Waals surface area contributed by atoms with Crippen LogP contribution in [0.4, 0.5) is 5.82 Å². The van der Waals surface area contributed by atoms with Crippen molar-refractivity contribution < 1.29 is 9.90 Å². The van der Waals surface area contributed by atoms with Crippen LogP contribution in [0, 0.1) is 13.8 Å². The van der Waals surface area contributed by atoms with Crippen LogP contribution in [0.15, 0.2) is 18.5 Å². The number of hydrogen-bond donors (Lipinski definition) is 2. The molecule has 2 aromatic heterocycles. The molecule has 3 N–H and O–H groups in total. The lowest BCUT2D eigenvalue weighted by Crippen LogP contribution is -2.29. The van der Waals surface area contributed by atoms with Crippen molar-refractivity contribution in [2.75, 3.05) is 5.01 Å². The monoisotopic (exact) mass is 332 g/mol. The van der Waals surface area contributed by atoms with Crippen molar-refractivity contribution in [2.24, 2.45) is 5.84 Å². The van der Waals surface area contributed by atoms with Crippen LogP contribution in [0.5, 0.6) is 0 Å². The van der Waals surface area contributed by atoms with Crippen molar-refractivity contribution in [3.63, 3.8) is 0 Å². The molecule has 132 valence electrons. The van der Waals surface area contributed by atoms with Gasteiger partial charge < -0.3 is 9.51 Å². The van der Waals surface area contributed by atoms with Gasteiger partial charge in [0.05, 0.1) is 23.0 Å². The molecule has 2 aromatic rings. The van der Waals surface area contributed by atoms with E-state index < -0.39 is 5.97 Å². The van der Waals surface area contributed by atoms with Gasteiger partial charge in [-0.1, -0.05) is 34.3 Å². The highest BCUT2D eigenvalue weighted by Crippen LogP contribution is 2.30. The number of fused-ring (bicyclic) bond motifs is 1. The van der Waals surface area contributed by atoms with Crippen LogP contribution in [0.25, 0.3) is 5.52 Å². The molecule has 0 aliphatic heterocycles. The lowest BCUT2D eigenvalue weighted by atomic mass is 10.1. The number of aromatic carboxylic acids is 1. The van der Waals surface area contributed by atoms with Gasteiger partial charge >= 0.3 is 5.97 Å². The van der Waals surface area contributed by atoms with E-state index in [4.69, 9.17) is 5.84 Å². The fourth-order valence-corrected chi connectivity index (χ4v) is 2.69. The van der Waals surface area contributed by atoms with Crippen molar-refractivity contribution in [1.82, 2.24) is 9.38 Å². The summed E-state index contributed by atoms with van der Waals surface area (Å²) in [7, 11) is 0. The second kappa shape index (κ2) is 7.49. The van der Waals surface area contributed by atoms with E-state index in [2.05, 4.69) is 11.6 Å². The molecule has 0 bridgehead atoms. The lowest BCUT2D eigenvalue weighted by molar-refractivity contribution is 0.0695.